The Morgan fingerprint density at radius 1 is 1.13 bits per heavy atom. The van der Waals surface area contributed by atoms with E-state index in [0.717, 1.165) is 23.4 Å². The van der Waals surface area contributed by atoms with Crippen molar-refractivity contribution in [2.45, 2.75) is 31.2 Å². The third-order valence-corrected chi connectivity index (χ3v) is 8.61. The Morgan fingerprint density at radius 3 is 2.45 bits per heavy atom. The normalized spacial score (nSPS) is 15.2. The molecule has 2 heterocycles. The number of benzene rings is 2. The van der Waals surface area contributed by atoms with E-state index in [0.29, 0.717) is 19.4 Å². The van der Waals surface area contributed by atoms with E-state index < -0.39 is 21.7 Å². The highest BCUT2D eigenvalue weighted by Gasteiger charge is 2.35. The van der Waals surface area contributed by atoms with E-state index in [1.54, 1.807) is 0 Å². The number of rotatable bonds is 8. The molecule has 0 spiro atoms. The zero-order valence-corrected chi connectivity index (χ0v) is 22.3. The van der Waals surface area contributed by atoms with Crippen LogP contribution >= 0.6 is 0 Å². The van der Waals surface area contributed by atoms with E-state index in [-0.39, 0.29) is 46.8 Å². The number of hydrogen-bond acceptors (Lipinski definition) is 6. The molecule has 202 valence electrons. The van der Waals surface area contributed by atoms with Crippen LogP contribution in [0.25, 0.3) is 12.2 Å². The lowest BCUT2D eigenvalue weighted by Crippen LogP contribution is -2.43. The molecule has 0 bridgehead atoms. The van der Waals surface area contributed by atoms with Gasteiger partial charge in [-0.2, -0.15) is 4.31 Å². The lowest BCUT2D eigenvalue weighted by molar-refractivity contribution is -0.126. The van der Waals surface area contributed by atoms with E-state index in [1.165, 1.54) is 29.4 Å². The van der Waals surface area contributed by atoms with Gasteiger partial charge in [0.25, 0.3) is 0 Å². The maximum absolute atomic E-state index is 14.0. The van der Waals surface area contributed by atoms with Gasteiger partial charge in [0.05, 0.1) is 0 Å². The van der Waals surface area contributed by atoms with Gasteiger partial charge in [0.2, 0.25) is 15.9 Å². The molecule has 3 aromatic rings. The van der Waals surface area contributed by atoms with Crippen LogP contribution in [0.2, 0.25) is 0 Å². The van der Waals surface area contributed by atoms with Crippen LogP contribution in [0.3, 0.4) is 0 Å². The van der Waals surface area contributed by atoms with Crippen molar-refractivity contribution < 1.29 is 26.5 Å². The molecule has 8 nitrogen and oxygen atoms in total. The minimum absolute atomic E-state index is 0.0497. The smallest absolute Gasteiger partial charge is 0.248 e. The molecule has 1 N–H and O–H groups in total. The molecule has 0 unspecified atom stereocenters. The number of amides is 1. The van der Waals surface area contributed by atoms with Gasteiger partial charge >= 0.3 is 0 Å². The molecule has 0 aliphatic carbocycles. The second kappa shape index (κ2) is 11.4. The molecule has 0 atom stereocenters. The first kappa shape index (κ1) is 27.5. The Morgan fingerprint density at radius 2 is 1.82 bits per heavy atom. The fourth-order valence-electron chi connectivity index (χ4n) is 4.33. The number of piperidine rings is 1. The molecule has 1 aromatic heterocycles. The summed E-state index contributed by atoms with van der Waals surface area (Å²) in [5.74, 6) is -1.95. The minimum Gasteiger partial charge on any atom is -0.378 e. The summed E-state index contributed by atoms with van der Waals surface area (Å²) in [4.78, 5) is 14.6. The van der Waals surface area contributed by atoms with Crippen molar-refractivity contribution in [3.63, 3.8) is 0 Å². The predicted molar refractivity (Wildman–Crippen MR) is 141 cm³/mol. The summed E-state index contributed by atoms with van der Waals surface area (Å²) in [7, 11) is -0.0630. The summed E-state index contributed by atoms with van der Waals surface area (Å²) < 4.78 is 60.6. The molecule has 0 saturated carbocycles. The van der Waals surface area contributed by atoms with Gasteiger partial charge in [0.15, 0.2) is 10.7 Å². The average Bonchev–Trinajstić information content (AvgIpc) is 3.28. The summed E-state index contributed by atoms with van der Waals surface area (Å²) >= 11 is 0. The minimum atomic E-state index is -3.98. The van der Waals surface area contributed by atoms with Gasteiger partial charge in [0.1, 0.15) is 17.3 Å². The predicted octanol–water partition coefficient (Wildman–Crippen LogP) is 4.21. The molecule has 1 aliphatic heterocycles. The summed E-state index contributed by atoms with van der Waals surface area (Å²) in [5, 5.41) is 6.73. The summed E-state index contributed by atoms with van der Waals surface area (Å²) in [6.45, 7) is 2.24. The topological polar surface area (TPSA) is 95.8 Å². The number of hydrogen-bond donors (Lipinski definition) is 1. The van der Waals surface area contributed by atoms with Crippen molar-refractivity contribution in [3.8, 4) is 0 Å². The molecular formula is C27H30F2N4O4S. The van der Waals surface area contributed by atoms with Crippen LogP contribution in [0.1, 0.15) is 35.4 Å². The first-order chi connectivity index (χ1) is 18.1. The van der Waals surface area contributed by atoms with Gasteiger partial charge < -0.3 is 14.7 Å². The number of halogens is 2. The van der Waals surface area contributed by atoms with Crippen molar-refractivity contribution >= 4 is 33.8 Å². The fourth-order valence-corrected chi connectivity index (χ4v) is 6.05. The maximum atomic E-state index is 14.0. The Bertz CT molecular complexity index is 1430. The van der Waals surface area contributed by atoms with Gasteiger partial charge in [-0.1, -0.05) is 17.3 Å². The van der Waals surface area contributed by atoms with Crippen molar-refractivity contribution in [2.24, 2.45) is 5.92 Å². The molecule has 1 amide bonds. The Balaban J connectivity index is 1.38. The highest BCUT2D eigenvalue weighted by molar-refractivity contribution is 7.89. The van der Waals surface area contributed by atoms with Gasteiger partial charge in [0, 0.05) is 57.0 Å². The number of sulfonamides is 1. The monoisotopic (exact) mass is 544 g/mol. The SMILES string of the molecule is Cc1noc(C=Cc2ccc(F)cc2F)c1S(=O)(=O)N1CCC(C(=O)NCc2ccc(N(C)C)cc2)CC1. The van der Waals surface area contributed by atoms with E-state index in [1.807, 2.05) is 43.3 Å². The molecule has 4 rings (SSSR count). The molecule has 1 aliphatic rings. The number of aromatic nitrogens is 1. The number of nitrogens with zero attached hydrogens (tertiary/aromatic N) is 3. The second-order valence-corrected chi connectivity index (χ2v) is 11.3. The highest BCUT2D eigenvalue weighted by atomic mass is 32.2. The lowest BCUT2D eigenvalue weighted by atomic mass is 9.97. The van der Waals surface area contributed by atoms with E-state index in [4.69, 9.17) is 4.52 Å². The molecule has 1 saturated heterocycles. The van der Waals surface area contributed by atoms with Crippen molar-refractivity contribution in [2.75, 3.05) is 32.1 Å². The van der Waals surface area contributed by atoms with E-state index >= 15 is 0 Å². The third kappa shape index (κ3) is 6.11. The van der Waals surface area contributed by atoms with Crippen LogP contribution in [0.15, 0.2) is 51.9 Å². The fraction of sp³-hybridized carbons (Fsp3) is 0.333. The molecule has 0 radical (unpaired) electrons. The molecule has 2 aromatic carbocycles. The molecule has 38 heavy (non-hydrogen) atoms. The molecular weight excluding hydrogens is 514 g/mol. The number of aryl methyl sites for hydroxylation is 1. The van der Waals surface area contributed by atoms with Gasteiger partial charge in [-0.25, -0.2) is 17.2 Å². The van der Waals surface area contributed by atoms with Crippen LogP contribution in [0.4, 0.5) is 14.5 Å². The van der Waals surface area contributed by atoms with Crippen LogP contribution in [-0.2, 0) is 21.4 Å². The molecule has 11 heteroatoms. The van der Waals surface area contributed by atoms with Crippen LogP contribution in [0.5, 0.6) is 0 Å². The third-order valence-electron chi connectivity index (χ3n) is 6.55. The number of carbonyl (C=O) groups is 1. The van der Waals surface area contributed by atoms with E-state index in [9.17, 15) is 22.0 Å². The van der Waals surface area contributed by atoms with Crippen molar-refractivity contribution in [3.05, 3.63) is 76.7 Å². The quantitative estimate of drug-likeness (QED) is 0.457. The maximum Gasteiger partial charge on any atom is 0.248 e. The summed E-state index contributed by atoms with van der Waals surface area (Å²) in [6, 6.07) is 11.0. The Hall–Kier alpha value is -3.57. The van der Waals surface area contributed by atoms with E-state index in [2.05, 4.69) is 10.5 Å². The number of anilines is 1. The standard InChI is InChI=1S/C27H30F2N4O4S/c1-18-26(25(37-31-18)11-7-20-6-8-22(28)16-24(20)29)38(35,36)33-14-12-21(13-15-33)27(34)30-17-19-4-9-23(10-5-19)32(2)3/h4-11,16,21H,12-15,17H2,1-3H3,(H,30,34). The largest absolute Gasteiger partial charge is 0.378 e. The van der Waals surface area contributed by atoms with Crippen LogP contribution in [0, 0.1) is 24.5 Å². The van der Waals surface area contributed by atoms with Crippen LogP contribution in [-0.4, -0.2) is 51.0 Å². The lowest BCUT2D eigenvalue weighted by Gasteiger charge is -2.30. The second-order valence-electron chi connectivity index (χ2n) is 9.42. The Labute approximate surface area is 221 Å². The van der Waals surface area contributed by atoms with Gasteiger partial charge in [-0.05, 0) is 61.7 Å². The van der Waals surface area contributed by atoms with Gasteiger partial charge in [-0.15, -0.1) is 0 Å². The first-order valence-electron chi connectivity index (χ1n) is 12.2. The zero-order chi connectivity index (χ0) is 27.4. The van der Waals surface area contributed by atoms with Crippen molar-refractivity contribution in [1.29, 1.82) is 0 Å². The number of carbonyl (C=O) groups excluding carboxylic acids is 1. The number of nitrogens with one attached hydrogen (secondary N) is 1. The van der Waals surface area contributed by atoms with Crippen molar-refractivity contribution in [1.82, 2.24) is 14.8 Å². The van der Waals surface area contributed by atoms with Gasteiger partial charge in [-0.3, -0.25) is 4.79 Å². The summed E-state index contributed by atoms with van der Waals surface area (Å²) in [5.41, 5.74) is 2.29. The average molecular weight is 545 g/mol. The highest BCUT2D eigenvalue weighted by Crippen LogP contribution is 2.29. The first-order valence-corrected chi connectivity index (χ1v) is 13.6. The molecule has 1 fully saturated rings. The zero-order valence-electron chi connectivity index (χ0n) is 21.4. The van der Waals surface area contributed by atoms with Crippen LogP contribution < -0.4 is 10.2 Å². The summed E-state index contributed by atoms with van der Waals surface area (Å²) in [6.07, 6.45) is 3.36. The Kier molecular flexibility index (Phi) is 8.27.